The number of aryl methyl sites for hydroxylation is 3. The van der Waals surface area contributed by atoms with E-state index in [2.05, 4.69) is 35.7 Å². The smallest absolute Gasteiger partial charge is 0.149 e. The fourth-order valence-electron chi connectivity index (χ4n) is 6.18. The fourth-order valence-corrected chi connectivity index (χ4v) is 6.18. The number of nitrogens with zero attached hydrogens (tertiary/aromatic N) is 2. The Kier molecular flexibility index (Phi) is 7.31. The van der Waals surface area contributed by atoms with Gasteiger partial charge >= 0.3 is 0 Å². The molecule has 1 heterocycles. The summed E-state index contributed by atoms with van der Waals surface area (Å²) in [6.07, 6.45) is 14.5. The molecule has 0 atom stereocenters. The lowest BCUT2D eigenvalue weighted by molar-refractivity contribution is 0.154. The van der Waals surface area contributed by atoms with Gasteiger partial charge in [0.25, 0.3) is 0 Å². The summed E-state index contributed by atoms with van der Waals surface area (Å²) in [5.74, 6) is 1.34. The number of ether oxygens (including phenoxy) is 1. The van der Waals surface area contributed by atoms with Crippen molar-refractivity contribution >= 4 is 11.9 Å². The third-order valence-electron chi connectivity index (χ3n) is 8.24. The highest BCUT2D eigenvalue weighted by Crippen LogP contribution is 2.35. The van der Waals surface area contributed by atoms with E-state index in [0.29, 0.717) is 19.3 Å². The molecule has 0 unspecified atom stereocenters. The molecule has 1 fully saturated rings. The van der Waals surface area contributed by atoms with Crippen molar-refractivity contribution in [2.75, 3.05) is 18.7 Å². The predicted molar refractivity (Wildman–Crippen MR) is 147 cm³/mol. The quantitative estimate of drug-likeness (QED) is 0.262. The second kappa shape index (κ2) is 11.1. The molecule has 4 nitrogen and oxygen atoms in total. The van der Waals surface area contributed by atoms with Gasteiger partial charge in [-0.15, -0.1) is 0 Å². The molecule has 0 spiro atoms. The first kappa shape index (κ1) is 24.3. The lowest BCUT2D eigenvalue weighted by Crippen LogP contribution is -2.18. The van der Waals surface area contributed by atoms with E-state index in [1.54, 1.807) is 6.07 Å². The Morgan fingerprint density at radius 1 is 0.919 bits per heavy atom. The van der Waals surface area contributed by atoms with Crippen LogP contribution in [0.3, 0.4) is 0 Å². The molecule has 3 aliphatic carbocycles. The largest absolute Gasteiger partial charge is 0.361 e. The van der Waals surface area contributed by atoms with Gasteiger partial charge in [0.05, 0.1) is 23.7 Å². The van der Waals surface area contributed by atoms with Crippen molar-refractivity contribution in [2.45, 2.75) is 70.6 Å². The maximum atomic E-state index is 13.8. The number of hydrogen-bond acceptors (Lipinski definition) is 4. The monoisotopic (exact) mass is 497 g/mol. The van der Waals surface area contributed by atoms with Crippen molar-refractivity contribution in [3.63, 3.8) is 0 Å². The van der Waals surface area contributed by atoms with Gasteiger partial charge in [-0.3, -0.25) is 0 Å². The summed E-state index contributed by atoms with van der Waals surface area (Å²) in [4.78, 5) is 10.2. The number of benzene rings is 2. The standard InChI is InChI=1S/C32H36FN3O/c33-27-13-14-28-26(20-27)12-15-29-31(28)35-30(19-22-6-2-1-3-7-22)32(36-29)34-21-37-17-16-23-10-11-24-8-4-5-9-25(24)18-23/h4-5,8-9,13-14,18,20,22H,1-3,6-7,10-12,15-17,19,21H2,(H,34,36). The van der Waals surface area contributed by atoms with Crippen LogP contribution in [0.1, 0.15) is 73.0 Å². The molecular formula is C32H36FN3O. The van der Waals surface area contributed by atoms with E-state index in [9.17, 15) is 4.39 Å². The Balaban J connectivity index is 1.14. The molecule has 6 rings (SSSR count). The first-order valence-electron chi connectivity index (χ1n) is 14.0. The zero-order valence-corrected chi connectivity index (χ0v) is 21.6. The van der Waals surface area contributed by atoms with Gasteiger partial charge in [0.2, 0.25) is 0 Å². The lowest BCUT2D eigenvalue weighted by atomic mass is 9.85. The zero-order valence-electron chi connectivity index (χ0n) is 21.6. The number of aromatic nitrogens is 2. The predicted octanol–water partition coefficient (Wildman–Crippen LogP) is 7.31. The van der Waals surface area contributed by atoms with Gasteiger partial charge in [-0.05, 0) is 79.3 Å². The molecule has 3 aliphatic rings. The summed E-state index contributed by atoms with van der Waals surface area (Å²) in [6, 6.07) is 13.7. The van der Waals surface area contributed by atoms with Crippen molar-refractivity contribution in [1.29, 1.82) is 0 Å². The summed E-state index contributed by atoms with van der Waals surface area (Å²) in [7, 11) is 0. The van der Waals surface area contributed by atoms with E-state index in [1.165, 1.54) is 54.9 Å². The SMILES string of the molecule is Fc1ccc2c(c1)CCc1nc(NCOCCC3=Cc4ccccc4CC3)c(CC3CCCCC3)nc1-2. The molecule has 1 aromatic heterocycles. The number of halogens is 1. The highest BCUT2D eigenvalue weighted by molar-refractivity contribution is 5.69. The Hall–Kier alpha value is -3.05. The molecule has 192 valence electrons. The second-order valence-electron chi connectivity index (χ2n) is 10.8. The van der Waals surface area contributed by atoms with E-state index in [4.69, 9.17) is 14.7 Å². The van der Waals surface area contributed by atoms with Crippen molar-refractivity contribution in [3.05, 3.63) is 81.9 Å². The van der Waals surface area contributed by atoms with Crippen LogP contribution in [0.25, 0.3) is 17.3 Å². The van der Waals surface area contributed by atoms with Crippen molar-refractivity contribution in [3.8, 4) is 11.3 Å². The Morgan fingerprint density at radius 2 is 1.78 bits per heavy atom. The van der Waals surface area contributed by atoms with Crippen molar-refractivity contribution in [1.82, 2.24) is 9.97 Å². The van der Waals surface area contributed by atoms with E-state index in [0.717, 1.165) is 72.6 Å². The molecule has 37 heavy (non-hydrogen) atoms. The van der Waals surface area contributed by atoms with Crippen LogP contribution in [0.5, 0.6) is 0 Å². The molecule has 0 aliphatic heterocycles. The summed E-state index contributed by atoms with van der Waals surface area (Å²) in [6.45, 7) is 1.12. The maximum Gasteiger partial charge on any atom is 0.149 e. The van der Waals surface area contributed by atoms with E-state index < -0.39 is 0 Å². The van der Waals surface area contributed by atoms with Gasteiger partial charge in [0.1, 0.15) is 18.4 Å². The van der Waals surface area contributed by atoms with Crippen LogP contribution >= 0.6 is 0 Å². The Morgan fingerprint density at radius 3 is 2.70 bits per heavy atom. The normalized spacial score (nSPS) is 16.9. The number of nitrogens with one attached hydrogen (secondary N) is 1. The molecule has 3 aromatic rings. The number of hydrogen-bond donors (Lipinski definition) is 1. The Labute approximate surface area is 219 Å². The van der Waals surface area contributed by atoms with Gasteiger partial charge in [0.15, 0.2) is 0 Å². The average molecular weight is 498 g/mol. The van der Waals surface area contributed by atoms with Crippen LogP contribution in [0.4, 0.5) is 10.2 Å². The van der Waals surface area contributed by atoms with Crippen LogP contribution in [-0.2, 0) is 30.4 Å². The average Bonchev–Trinajstić information content (AvgIpc) is 2.93. The van der Waals surface area contributed by atoms with E-state index in [-0.39, 0.29) is 5.82 Å². The van der Waals surface area contributed by atoms with Crippen LogP contribution < -0.4 is 5.32 Å². The molecule has 2 aromatic carbocycles. The molecule has 0 saturated heterocycles. The first-order valence-corrected chi connectivity index (χ1v) is 14.0. The third-order valence-corrected chi connectivity index (χ3v) is 8.24. The van der Waals surface area contributed by atoms with Crippen LogP contribution in [0, 0.1) is 11.7 Å². The van der Waals surface area contributed by atoms with Crippen molar-refractivity contribution in [2.24, 2.45) is 5.92 Å². The minimum atomic E-state index is -0.179. The van der Waals surface area contributed by atoms with Crippen molar-refractivity contribution < 1.29 is 9.13 Å². The maximum absolute atomic E-state index is 13.8. The molecule has 0 radical (unpaired) electrons. The Bertz CT molecular complexity index is 1300. The third kappa shape index (κ3) is 5.62. The minimum absolute atomic E-state index is 0.179. The summed E-state index contributed by atoms with van der Waals surface area (Å²) in [5.41, 5.74) is 9.28. The van der Waals surface area contributed by atoms with Gasteiger partial charge in [-0.1, -0.05) is 68.0 Å². The zero-order chi connectivity index (χ0) is 25.0. The highest BCUT2D eigenvalue weighted by Gasteiger charge is 2.24. The van der Waals surface area contributed by atoms with E-state index >= 15 is 0 Å². The number of rotatable bonds is 8. The summed E-state index contributed by atoms with van der Waals surface area (Å²) in [5, 5.41) is 3.46. The van der Waals surface area contributed by atoms with Gasteiger partial charge in [-0.2, -0.15) is 0 Å². The molecule has 0 amide bonds. The molecule has 0 bridgehead atoms. The topological polar surface area (TPSA) is 47.0 Å². The molecular weight excluding hydrogens is 461 g/mol. The highest BCUT2D eigenvalue weighted by atomic mass is 19.1. The van der Waals surface area contributed by atoms with Gasteiger partial charge in [0, 0.05) is 5.56 Å². The lowest BCUT2D eigenvalue weighted by Gasteiger charge is -2.25. The molecule has 5 heteroatoms. The minimum Gasteiger partial charge on any atom is -0.361 e. The fraction of sp³-hybridized carbons (Fsp3) is 0.438. The number of anilines is 1. The summed E-state index contributed by atoms with van der Waals surface area (Å²) >= 11 is 0. The van der Waals surface area contributed by atoms with Crippen LogP contribution in [-0.4, -0.2) is 23.3 Å². The van der Waals surface area contributed by atoms with Gasteiger partial charge < -0.3 is 10.1 Å². The first-order chi connectivity index (χ1) is 18.2. The second-order valence-corrected chi connectivity index (χ2v) is 10.8. The van der Waals surface area contributed by atoms with Crippen LogP contribution in [0.2, 0.25) is 0 Å². The van der Waals surface area contributed by atoms with Gasteiger partial charge in [-0.25, -0.2) is 14.4 Å². The summed E-state index contributed by atoms with van der Waals surface area (Å²) < 4.78 is 19.9. The van der Waals surface area contributed by atoms with Crippen LogP contribution in [0.15, 0.2) is 48.0 Å². The number of fused-ring (bicyclic) bond motifs is 4. The molecule has 1 saturated carbocycles. The molecule has 1 N–H and O–H groups in total. The van der Waals surface area contributed by atoms with E-state index in [1.807, 2.05) is 6.07 Å².